The Bertz CT molecular complexity index is 923. The fourth-order valence-corrected chi connectivity index (χ4v) is 3.60. The molecule has 0 spiro atoms. The van der Waals surface area contributed by atoms with Gasteiger partial charge in [-0.25, -0.2) is 19.7 Å². The lowest BCUT2D eigenvalue weighted by Gasteiger charge is -2.24. The number of hydrogen-bond donors (Lipinski definition) is 2. The number of nitrogens with two attached hydrogens (primary N) is 1. The quantitative estimate of drug-likeness (QED) is 0.778. The minimum absolute atomic E-state index is 0.247. The van der Waals surface area contributed by atoms with Crippen LogP contribution in [0.2, 0.25) is 0 Å². The van der Waals surface area contributed by atoms with E-state index in [-0.39, 0.29) is 24.1 Å². The summed E-state index contributed by atoms with van der Waals surface area (Å²) in [6, 6.07) is 0. The number of carbonyl (C=O) groups excluding carboxylic acids is 1. The Morgan fingerprint density at radius 2 is 2.00 bits per heavy atom. The molecule has 158 valence electrons. The van der Waals surface area contributed by atoms with Crippen LogP contribution in [0.15, 0.2) is 12.7 Å². The Morgan fingerprint density at radius 1 is 1.28 bits per heavy atom. The standard InChI is InChI=1S/C18H26N6O5/c1-17(2,3)29-16(25)23-13-10-14(21-7-20-13)24(8-22-10)15-12-11(9(6-19)26-15)27-18(4,5)28-12/h7-9,11-12,15H,6,19H2,1-5H3,(H,20,21,23,25)/t9-,11?,12?,15?/m1/s1. The third-order valence-electron chi connectivity index (χ3n) is 4.61. The molecule has 11 heteroatoms. The zero-order chi connectivity index (χ0) is 21.0. The molecule has 4 heterocycles. The number of aromatic nitrogens is 4. The highest BCUT2D eigenvalue weighted by molar-refractivity contribution is 5.93. The van der Waals surface area contributed by atoms with Crippen molar-refractivity contribution in [3.8, 4) is 0 Å². The maximum absolute atomic E-state index is 12.1. The molecule has 1 amide bonds. The van der Waals surface area contributed by atoms with Gasteiger partial charge in [0.25, 0.3) is 0 Å². The van der Waals surface area contributed by atoms with Crippen LogP contribution in [0.4, 0.5) is 10.6 Å². The summed E-state index contributed by atoms with van der Waals surface area (Å²) in [5.74, 6) is -0.489. The molecule has 2 aromatic rings. The normalized spacial score (nSPS) is 28.5. The molecule has 0 bridgehead atoms. The van der Waals surface area contributed by atoms with Gasteiger partial charge in [0, 0.05) is 6.54 Å². The van der Waals surface area contributed by atoms with Gasteiger partial charge in [0.2, 0.25) is 0 Å². The number of rotatable bonds is 3. The number of nitrogens with one attached hydrogen (secondary N) is 1. The Labute approximate surface area is 167 Å². The summed E-state index contributed by atoms with van der Waals surface area (Å²) >= 11 is 0. The predicted molar refractivity (Wildman–Crippen MR) is 102 cm³/mol. The van der Waals surface area contributed by atoms with E-state index in [9.17, 15) is 4.79 Å². The third kappa shape index (κ3) is 3.78. The van der Waals surface area contributed by atoms with Crippen molar-refractivity contribution in [3.63, 3.8) is 0 Å². The summed E-state index contributed by atoms with van der Waals surface area (Å²) in [5.41, 5.74) is 6.13. The molecule has 2 aromatic heterocycles. The first kappa shape index (κ1) is 20.0. The average molecular weight is 406 g/mol. The largest absolute Gasteiger partial charge is 0.444 e. The second-order valence-electron chi connectivity index (χ2n) is 8.54. The van der Waals surface area contributed by atoms with E-state index >= 15 is 0 Å². The Morgan fingerprint density at radius 3 is 2.69 bits per heavy atom. The first-order valence-electron chi connectivity index (χ1n) is 9.47. The van der Waals surface area contributed by atoms with Gasteiger partial charge in [0.05, 0.1) is 6.33 Å². The van der Waals surface area contributed by atoms with Gasteiger partial charge in [-0.05, 0) is 34.6 Å². The van der Waals surface area contributed by atoms with Crippen molar-refractivity contribution < 1.29 is 23.7 Å². The topological polar surface area (TPSA) is 136 Å². The van der Waals surface area contributed by atoms with E-state index in [1.165, 1.54) is 6.33 Å². The molecule has 11 nitrogen and oxygen atoms in total. The number of imidazole rings is 1. The zero-order valence-corrected chi connectivity index (χ0v) is 17.1. The summed E-state index contributed by atoms with van der Waals surface area (Å²) in [6.45, 7) is 9.35. The molecule has 0 radical (unpaired) electrons. The van der Waals surface area contributed by atoms with Crippen LogP contribution in [0.1, 0.15) is 40.8 Å². The monoisotopic (exact) mass is 406 g/mol. The molecule has 2 fully saturated rings. The van der Waals surface area contributed by atoms with Crippen molar-refractivity contribution in [2.24, 2.45) is 5.73 Å². The highest BCUT2D eigenvalue weighted by atomic mass is 16.8. The predicted octanol–water partition coefficient (Wildman–Crippen LogP) is 1.55. The van der Waals surface area contributed by atoms with Crippen molar-refractivity contribution >= 4 is 23.1 Å². The van der Waals surface area contributed by atoms with Gasteiger partial charge in [-0.1, -0.05) is 0 Å². The summed E-state index contributed by atoms with van der Waals surface area (Å²) < 4.78 is 25.1. The molecule has 2 saturated heterocycles. The van der Waals surface area contributed by atoms with Crippen LogP contribution in [0.25, 0.3) is 11.2 Å². The van der Waals surface area contributed by atoms with Gasteiger partial charge < -0.3 is 24.7 Å². The Kier molecular flexibility index (Phi) is 4.73. The molecule has 0 aromatic carbocycles. The van der Waals surface area contributed by atoms with E-state index in [4.69, 9.17) is 24.7 Å². The van der Waals surface area contributed by atoms with Crippen molar-refractivity contribution in [2.75, 3.05) is 11.9 Å². The van der Waals surface area contributed by atoms with Crippen LogP contribution in [-0.4, -0.2) is 61.9 Å². The summed E-state index contributed by atoms with van der Waals surface area (Å²) in [4.78, 5) is 24.9. The van der Waals surface area contributed by atoms with E-state index < -0.39 is 23.7 Å². The number of ether oxygens (including phenoxy) is 4. The highest BCUT2D eigenvalue weighted by Gasteiger charge is 2.55. The average Bonchev–Trinajstić information content (AvgIpc) is 3.24. The molecule has 2 aliphatic heterocycles. The lowest BCUT2D eigenvalue weighted by molar-refractivity contribution is -0.195. The van der Waals surface area contributed by atoms with Crippen LogP contribution in [0.5, 0.6) is 0 Å². The van der Waals surface area contributed by atoms with Gasteiger partial charge in [-0.3, -0.25) is 9.88 Å². The van der Waals surface area contributed by atoms with Crippen LogP contribution >= 0.6 is 0 Å². The minimum atomic E-state index is -0.737. The van der Waals surface area contributed by atoms with Gasteiger partial charge in [0.15, 0.2) is 29.0 Å². The molecule has 4 atom stereocenters. The number of anilines is 1. The smallest absolute Gasteiger partial charge is 0.413 e. The van der Waals surface area contributed by atoms with E-state index in [2.05, 4.69) is 20.3 Å². The second-order valence-corrected chi connectivity index (χ2v) is 8.54. The number of hydrogen-bond acceptors (Lipinski definition) is 9. The number of nitrogens with zero attached hydrogens (tertiary/aromatic N) is 4. The van der Waals surface area contributed by atoms with Crippen LogP contribution < -0.4 is 11.1 Å². The summed E-state index contributed by atoms with van der Waals surface area (Å²) in [6.07, 6.45) is 0.800. The third-order valence-corrected chi connectivity index (χ3v) is 4.61. The number of amides is 1. The lowest BCUT2D eigenvalue weighted by Crippen LogP contribution is -2.34. The van der Waals surface area contributed by atoms with Gasteiger partial charge in [-0.15, -0.1) is 0 Å². The van der Waals surface area contributed by atoms with Crippen molar-refractivity contribution in [1.82, 2.24) is 19.5 Å². The Balaban J connectivity index is 1.64. The molecule has 3 N–H and O–H groups in total. The Hall–Kier alpha value is -2.34. The molecule has 3 unspecified atom stereocenters. The molecule has 2 aliphatic rings. The van der Waals surface area contributed by atoms with Gasteiger partial charge in [0.1, 0.15) is 30.2 Å². The van der Waals surface area contributed by atoms with E-state index in [0.29, 0.717) is 17.7 Å². The van der Waals surface area contributed by atoms with Crippen molar-refractivity contribution in [2.45, 2.75) is 70.5 Å². The van der Waals surface area contributed by atoms with Crippen LogP contribution in [-0.2, 0) is 18.9 Å². The molecular weight excluding hydrogens is 380 g/mol. The van der Waals surface area contributed by atoms with E-state index in [0.717, 1.165) is 0 Å². The maximum Gasteiger partial charge on any atom is 0.413 e. The first-order valence-corrected chi connectivity index (χ1v) is 9.47. The molecule has 4 rings (SSSR count). The maximum atomic E-state index is 12.1. The summed E-state index contributed by atoms with van der Waals surface area (Å²) in [5, 5.41) is 2.62. The molecular formula is C18H26N6O5. The van der Waals surface area contributed by atoms with Crippen LogP contribution in [0.3, 0.4) is 0 Å². The fourth-order valence-electron chi connectivity index (χ4n) is 3.60. The highest BCUT2D eigenvalue weighted by Crippen LogP contribution is 2.43. The van der Waals surface area contributed by atoms with Gasteiger partial charge in [-0.2, -0.15) is 0 Å². The van der Waals surface area contributed by atoms with Crippen LogP contribution in [0, 0.1) is 0 Å². The SMILES string of the molecule is CC(C)(C)OC(=O)Nc1ncnc2c1ncn2C1O[C@H](CN)C2OC(C)(C)OC21. The number of carbonyl (C=O) groups is 1. The zero-order valence-electron chi connectivity index (χ0n) is 17.1. The minimum Gasteiger partial charge on any atom is -0.444 e. The second kappa shape index (κ2) is 6.87. The van der Waals surface area contributed by atoms with Crippen molar-refractivity contribution in [3.05, 3.63) is 12.7 Å². The van der Waals surface area contributed by atoms with Gasteiger partial charge >= 0.3 is 6.09 Å². The van der Waals surface area contributed by atoms with E-state index in [1.807, 2.05) is 13.8 Å². The first-order chi connectivity index (χ1) is 13.6. The lowest BCUT2D eigenvalue weighted by atomic mass is 10.1. The molecule has 0 saturated carbocycles. The molecule has 0 aliphatic carbocycles. The fraction of sp³-hybridized carbons (Fsp3) is 0.667. The van der Waals surface area contributed by atoms with E-state index in [1.54, 1.807) is 31.7 Å². The summed E-state index contributed by atoms with van der Waals surface area (Å²) in [7, 11) is 0. The molecule has 29 heavy (non-hydrogen) atoms. The number of fused-ring (bicyclic) bond motifs is 2. The van der Waals surface area contributed by atoms with Crippen molar-refractivity contribution in [1.29, 1.82) is 0 Å².